The van der Waals surface area contributed by atoms with Gasteiger partial charge in [0.25, 0.3) is 0 Å². The second kappa shape index (κ2) is 25.1. The fourth-order valence-corrected chi connectivity index (χ4v) is 2.37. The molecule has 11 heteroatoms. The van der Waals surface area contributed by atoms with E-state index in [1.807, 2.05) is 13.8 Å². The number of methoxy groups -OCH3 is 2. The summed E-state index contributed by atoms with van der Waals surface area (Å²) in [4.78, 5) is 41.3. The minimum atomic E-state index is -0.767. The van der Waals surface area contributed by atoms with Crippen molar-refractivity contribution >= 4 is 23.5 Å². The Hall–Kier alpha value is -1.17. The molecule has 10 nitrogen and oxygen atoms in total. The molecule has 2 atom stereocenters. The molecule has 2 unspecified atom stereocenters. The van der Waals surface area contributed by atoms with Gasteiger partial charge < -0.3 is 9.47 Å². The zero-order valence-electron chi connectivity index (χ0n) is 20.0. The number of ether oxygens (including phenoxy) is 4. The third-order valence-corrected chi connectivity index (χ3v) is 4.26. The van der Waals surface area contributed by atoms with Crippen molar-refractivity contribution in [3.63, 3.8) is 0 Å². The third-order valence-electron chi connectivity index (χ3n) is 2.70. The Labute approximate surface area is 195 Å². The molecular formula is C20H38O10Ti. The van der Waals surface area contributed by atoms with Gasteiger partial charge in [0, 0.05) is 0 Å². The van der Waals surface area contributed by atoms with E-state index in [1.165, 1.54) is 13.8 Å². The van der Waals surface area contributed by atoms with Crippen molar-refractivity contribution in [1.82, 2.24) is 0 Å². The SMILES string of the molecule is CCOC(=O)CC(C)=O.CCOC(=O)CC(C)=O.COCC(C)[O][Ti][O]C(C)COC. The molecule has 0 fully saturated rings. The van der Waals surface area contributed by atoms with E-state index in [0.29, 0.717) is 26.4 Å². The molecular weight excluding hydrogens is 448 g/mol. The second-order valence-electron chi connectivity index (χ2n) is 6.22. The molecule has 31 heavy (non-hydrogen) atoms. The summed E-state index contributed by atoms with van der Waals surface area (Å²) in [5.74, 6) is -1.20. The van der Waals surface area contributed by atoms with Gasteiger partial charge in [-0.25, -0.2) is 0 Å². The van der Waals surface area contributed by atoms with Crippen LogP contribution in [0.2, 0.25) is 0 Å². The average Bonchev–Trinajstić information content (AvgIpc) is 2.62. The van der Waals surface area contributed by atoms with E-state index in [2.05, 4.69) is 9.47 Å². The van der Waals surface area contributed by atoms with E-state index in [-0.39, 0.29) is 36.6 Å². The van der Waals surface area contributed by atoms with Crippen molar-refractivity contribution in [3.05, 3.63) is 0 Å². The van der Waals surface area contributed by atoms with Crippen LogP contribution in [0.4, 0.5) is 0 Å². The second-order valence-corrected chi connectivity index (χ2v) is 7.21. The van der Waals surface area contributed by atoms with Crippen LogP contribution < -0.4 is 0 Å². The van der Waals surface area contributed by atoms with Gasteiger partial charge in [0.2, 0.25) is 0 Å². The number of hydrogen-bond donors (Lipinski definition) is 0. The van der Waals surface area contributed by atoms with E-state index >= 15 is 0 Å². The van der Waals surface area contributed by atoms with Gasteiger partial charge in [-0.1, -0.05) is 0 Å². The van der Waals surface area contributed by atoms with Crippen molar-refractivity contribution in [3.8, 4) is 0 Å². The molecule has 0 saturated carbocycles. The molecule has 0 N–H and O–H groups in total. The van der Waals surface area contributed by atoms with Crippen LogP contribution in [0.3, 0.4) is 0 Å². The van der Waals surface area contributed by atoms with Crippen LogP contribution in [-0.4, -0.2) is 76.4 Å². The topological polar surface area (TPSA) is 124 Å². The zero-order chi connectivity index (χ0) is 24.7. The zero-order valence-corrected chi connectivity index (χ0v) is 21.5. The molecule has 0 amide bonds. The molecule has 0 aromatic heterocycles. The number of esters is 2. The first-order valence-corrected chi connectivity index (χ1v) is 11.2. The summed E-state index contributed by atoms with van der Waals surface area (Å²) in [7, 11) is 3.32. The van der Waals surface area contributed by atoms with Crippen LogP contribution in [0.1, 0.15) is 54.4 Å². The van der Waals surface area contributed by atoms with E-state index in [0.717, 1.165) is 0 Å². The van der Waals surface area contributed by atoms with Crippen LogP contribution >= 0.6 is 0 Å². The average molecular weight is 486 g/mol. The normalized spacial score (nSPS) is 11.5. The van der Waals surface area contributed by atoms with Gasteiger partial charge in [0.15, 0.2) is 0 Å². The summed E-state index contributed by atoms with van der Waals surface area (Å²) in [5.41, 5.74) is 0. The third kappa shape index (κ3) is 33.7. The van der Waals surface area contributed by atoms with Crippen LogP contribution in [-0.2, 0) is 64.7 Å². The number of rotatable bonds is 14. The van der Waals surface area contributed by atoms with Crippen LogP contribution in [0, 0.1) is 0 Å². The summed E-state index contributed by atoms with van der Waals surface area (Å²) in [6.45, 7) is 12.0. The van der Waals surface area contributed by atoms with Crippen molar-refractivity contribution in [1.29, 1.82) is 0 Å². The predicted octanol–water partition coefficient (Wildman–Crippen LogP) is 2.06. The molecule has 0 radical (unpaired) electrons. The molecule has 0 heterocycles. The number of hydrogen-bond acceptors (Lipinski definition) is 10. The Kier molecular flexibility index (Phi) is 27.9. The molecule has 0 aliphatic heterocycles. The summed E-state index contributed by atoms with van der Waals surface area (Å²) < 4.78 is 29.7. The van der Waals surface area contributed by atoms with E-state index in [1.54, 1.807) is 28.1 Å². The Morgan fingerprint density at radius 3 is 1.26 bits per heavy atom. The Morgan fingerprint density at radius 1 is 0.710 bits per heavy atom. The molecule has 0 bridgehead atoms. The Morgan fingerprint density at radius 2 is 1.03 bits per heavy atom. The first-order chi connectivity index (χ1) is 14.5. The van der Waals surface area contributed by atoms with Crippen LogP contribution in [0.25, 0.3) is 0 Å². The van der Waals surface area contributed by atoms with Gasteiger partial charge in [0.05, 0.1) is 13.2 Å². The maximum absolute atomic E-state index is 10.4. The first-order valence-electron chi connectivity index (χ1n) is 9.88. The van der Waals surface area contributed by atoms with Gasteiger partial charge in [-0.15, -0.1) is 0 Å². The van der Waals surface area contributed by atoms with E-state index < -0.39 is 31.9 Å². The van der Waals surface area contributed by atoms with Crippen LogP contribution in [0.5, 0.6) is 0 Å². The van der Waals surface area contributed by atoms with Gasteiger partial charge >= 0.3 is 101 Å². The monoisotopic (exact) mass is 486 g/mol. The minimum absolute atomic E-state index is 0.103. The van der Waals surface area contributed by atoms with Crippen molar-refractivity contribution < 1.29 is 64.7 Å². The van der Waals surface area contributed by atoms with E-state index in [4.69, 9.17) is 16.1 Å². The fraction of sp³-hybridized carbons (Fsp3) is 0.800. The van der Waals surface area contributed by atoms with Crippen molar-refractivity contribution in [2.75, 3.05) is 40.6 Å². The van der Waals surface area contributed by atoms with Crippen molar-refractivity contribution in [2.24, 2.45) is 0 Å². The molecule has 0 aromatic rings. The van der Waals surface area contributed by atoms with Gasteiger partial charge in [-0.05, 0) is 27.7 Å². The Bertz CT molecular complexity index is 443. The predicted molar refractivity (Wildman–Crippen MR) is 109 cm³/mol. The summed E-state index contributed by atoms with van der Waals surface area (Å²) in [6.07, 6.45) is 0.0429. The molecule has 0 aromatic carbocycles. The molecule has 0 aliphatic carbocycles. The molecule has 0 aliphatic rings. The maximum atomic E-state index is 10.4. The number of Topliss-reactive ketones (excluding diaryl/α,β-unsaturated/α-hetero) is 2. The molecule has 182 valence electrons. The van der Waals surface area contributed by atoms with Gasteiger partial charge in [0.1, 0.15) is 24.4 Å². The van der Waals surface area contributed by atoms with Crippen LogP contribution in [0.15, 0.2) is 0 Å². The van der Waals surface area contributed by atoms with E-state index in [9.17, 15) is 19.2 Å². The fourth-order valence-electron chi connectivity index (χ4n) is 1.56. The number of carbonyl (C=O) groups is 4. The number of carbonyl (C=O) groups excluding carboxylic acids is 4. The standard InChI is InChI=1S/2C6H10O3.2C4H9O2.Ti/c2*1-3-9-6(8)4-5(2)7;2*1-4(5)3-6-2;/h2*3-4H2,1-2H3;2*4H,3H2,1-2H3;/q;;2*-1;+2. The summed E-state index contributed by atoms with van der Waals surface area (Å²) in [6, 6.07) is 0. The van der Waals surface area contributed by atoms with Crippen molar-refractivity contribution in [2.45, 2.75) is 66.6 Å². The number of ketones is 2. The van der Waals surface area contributed by atoms with Gasteiger partial charge in [-0.3, -0.25) is 19.2 Å². The quantitative estimate of drug-likeness (QED) is 0.205. The molecule has 0 saturated heterocycles. The Balaban J connectivity index is -0.000000390. The van der Waals surface area contributed by atoms with Gasteiger partial charge in [-0.2, -0.15) is 0 Å². The first kappa shape index (κ1) is 34.4. The molecule has 0 rings (SSSR count). The summed E-state index contributed by atoms with van der Waals surface area (Å²) >= 11 is -0.767. The summed E-state index contributed by atoms with van der Waals surface area (Å²) in [5, 5.41) is 0. The molecule has 0 spiro atoms.